The second-order valence-corrected chi connectivity index (χ2v) is 6.84. The number of carbonyl (C=O) groups is 1. The Kier molecular flexibility index (Phi) is 4.90. The van der Waals surface area contributed by atoms with Crippen LogP contribution in [0.5, 0.6) is 0 Å². The number of alkyl carbamates (subject to hydrolysis) is 1. The van der Waals surface area contributed by atoms with E-state index in [2.05, 4.69) is 10.3 Å². The molecule has 0 unspecified atom stereocenters. The smallest absolute Gasteiger partial charge is 0.407 e. The third-order valence-electron chi connectivity index (χ3n) is 3.77. The lowest BCUT2D eigenvalue weighted by atomic mass is 10.1. The molecule has 2 atom stereocenters. The van der Waals surface area contributed by atoms with Crippen molar-refractivity contribution in [2.75, 3.05) is 0 Å². The van der Waals surface area contributed by atoms with Gasteiger partial charge in [-0.25, -0.2) is 9.78 Å². The molecule has 7 heteroatoms. The molecule has 1 aliphatic rings. The largest absolute Gasteiger partial charge is 0.444 e. The van der Waals surface area contributed by atoms with Gasteiger partial charge in [-0.15, -0.1) is 0 Å². The van der Waals surface area contributed by atoms with Gasteiger partial charge < -0.3 is 14.6 Å². The van der Waals surface area contributed by atoms with Gasteiger partial charge in [-0.05, 0) is 46.0 Å². The minimum absolute atomic E-state index is 0.0827. The van der Waals surface area contributed by atoms with Crippen molar-refractivity contribution in [3.63, 3.8) is 0 Å². The van der Waals surface area contributed by atoms with Crippen molar-refractivity contribution < 1.29 is 9.53 Å². The first-order chi connectivity index (χ1) is 10.8. The lowest BCUT2D eigenvalue weighted by Gasteiger charge is -2.21. The van der Waals surface area contributed by atoms with Gasteiger partial charge in [0.2, 0.25) is 0 Å². The number of aromatic nitrogens is 2. The molecule has 0 radical (unpaired) electrons. The van der Waals surface area contributed by atoms with Gasteiger partial charge >= 0.3 is 6.09 Å². The molecule has 1 aromatic rings. The third kappa shape index (κ3) is 4.46. The van der Waals surface area contributed by atoms with Crippen LogP contribution in [0.3, 0.4) is 0 Å². The molecule has 0 bridgehead atoms. The zero-order valence-corrected chi connectivity index (χ0v) is 13.7. The number of hydrogen-bond acceptors (Lipinski definition) is 5. The molecule has 1 heterocycles. The highest BCUT2D eigenvalue weighted by Crippen LogP contribution is 2.28. The Morgan fingerprint density at radius 2 is 2.17 bits per heavy atom. The summed E-state index contributed by atoms with van der Waals surface area (Å²) >= 11 is 0. The number of amides is 1. The highest BCUT2D eigenvalue weighted by atomic mass is 16.6. The standard InChI is InChI=1S/C16H21N5O2/c1-16(2,3)23-15(22)20-12-5-4-11(6-12)9-21-10-19-13(7-17)14(21)8-18/h10-12H,4-6,9H2,1-3H3,(H,20,22)/t11-,12+/m0/s1. The van der Waals surface area contributed by atoms with Crippen LogP contribution in [0.15, 0.2) is 6.33 Å². The fourth-order valence-corrected chi connectivity index (χ4v) is 2.84. The molecule has 0 saturated heterocycles. The second-order valence-electron chi connectivity index (χ2n) is 6.84. The quantitative estimate of drug-likeness (QED) is 0.921. The first kappa shape index (κ1) is 16.8. The summed E-state index contributed by atoms with van der Waals surface area (Å²) in [6.07, 6.45) is 3.79. The molecule has 1 amide bonds. The van der Waals surface area contributed by atoms with Crippen LogP contribution in [0.2, 0.25) is 0 Å². The summed E-state index contributed by atoms with van der Waals surface area (Å²) in [7, 11) is 0. The molecule has 1 aliphatic carbocycles. The Balaban J connectivity index is 1.89. The summed E-state index contributed by atoms with van der Waals surface area (Å²) in [6.45, 7) is 6.13. The predicted octanol–water partition coefficient (Wildman–Crippen LogP) is 2.32. The lowest BCUT2D eigenvalue weighted by molar-refractivity contribution is 0.0504. The van der Waals surface area contributed by atoms with Crippen LogP contribution in [0.25, 0.3) is 0 Å². The topological polar surface area (TPSA) is 104 Å². The number of nitrogens with one attached hydrogen (secondary N) is 1. The Hall–Kier alpha value is -2.54. The number of ether oxygens (including phenoxy) is 1. The van der Waals surface area contributed by atoms with E-state index in [-0.39, 0.29) is 11.7 Å². The number of nitrogens with zero attached hydrogens (tertiary/aromatic N) is 4. The zero-order valence-electron chi connectivity index (χ0n) is 13.7. The highest BCUT2D eigenvalue weighted by Gasteiger charge is 2.28. The summed E-state index contributed by atoms with van der Waals surface area (Å²) in [4.78, 5) is 15.7. The average Bonchev–Trinajstić information content (AvgIpc) is 3.03. The van der Waals surface area contributed by atoms with Gasteiger partial charge in [0, 0.05) is 12.6 Å². The molecule has 1 saturated carbocycles. The van der Waals surface area contributed by atoms with Gasteiger partial charge in [0.05, 0.1) is 6.33 Å². The molecule has 0 aliphatic heterocycles. The van der Waals surface area contributed by atoms with E-state index in [0.29, 0.717) is 18.2 Å². The molecule has 1 fully saturated rings. The summed E-state index contributed by atoms with van der Waals surface area (Å²) in [5, 5.41) is 20.9. The predicted molar refractivity (Wildman–Crippen MR) is 82.2 cm³/mol. The minimum Gasteiger partial charge on any atom is -0.444 e. The van der Waals surface area contributed by atoms with Gasteiger partial charge in [-0.3, -0.25) is 0 Å². The van der Waals surface area contributed by atoms with Crippen LogP contribution in [0, 0.1) is 28.6 Å². The molecule has 2 rings (SSSR count). The van der Waals surface area contributed by atoms with Crippen molar-refractivity contribution in [2.45, 2.75) is 58.2 Å². The van der Waals surface area contributed by atoms with Gasteiger partial charge in [0.15, 0.2) is 11.4 Å². The van der Waals surface area contributed by atoms with E-state index in [0.717, 1.165) is 19.3 Å². The molecular weight excluding hydrogens is 294 g/mol. The van der Waals surface area contributed by atoms with E-state index in [4.69, 9.17) is 15.3 Å². The average molecular weight is 315 g/mol. The van der Waals surface area contributed by atoms with Crippen molar-refractivity contribution in [3.8, 4) is 12.1 Å². The monoisotopic (exact) mass is 315 g/mol. The minimum atomic E-state index is -0.506. The second kappa shape index (κ2) is 6.70. The molecule has 0 aromatic carbocycles. The van der Waals surface area contributed by atoms with E-state index in [1.165, 1.54) is 6.33 Å². The van der Waals surface area contributed by atoms with Crippen LogP contribution in [-0.4, -0.2) is 27.3 Å². The van der Waals surface area contributed by atoms with Crippen molar-refractivity contribution in [1.29, 1.82) is 10.5 Å². The maximum absolute atomic E-state index is 11.8. The fourth-order valence-electron chi connectivity index (χ4n) is 2.84. The van der Waals surface area contributed by atoms with Gasteiger partial charge in [-0.1, -0.05) is 0 Å². The Bertz CT molecular complexity index is 659. The summed E-state index contributed by atoms with van der Waals surface area (Å²) in [5.41, 5.74) is -0.0427. The number of nitriles is 2. The molecule has 23 heavy (non-hydrogen) atoms. The molecular formula is C16H21N5O2. The lowest BCUT2D eigenvalue weighted by Crippen LogP contribution is -2.38. The van der Waals surface area contributed by atoms with E-state index < -0.39 is 11.7 Å². The van der Waals surface area contributed by atoms with Crippen LogP contribution < -0.4 is 5.32 Å². The Morgan fingerprint density at radius 3 is 2.78 bits per heavy atom. The number of imidazole rings is 1. The first-order valence-electron chi connectivity index (χ1n) is 7.67. The number of hydrogen-bond donors (Lipinski definition) is 1. The molecule has 122 valence electrons. The highest BCUT2D eigenvalue weighted by molar-refractivity contribution is 5.68. The number of rotatable bonds is 3. The molecule has 0 spiro atoms. The van der Waals surface area contributed by atoms with Gasteiger partial charge in [0.1, 0.15) is 17.7 Å². The van der Waals surface area contributed by atoms with Crippen LogP contribution >= 0.6 is 0 Å². The van der Waals surface area contributed by atoms with Gasteiger partial charge in [-0.2, -0.15) is 10.5 Å². The third-order valence-corrected chi connectivity index (χ3v) is 3.77. The van der Waals surface area contributed by atoms with Crippen molar-refractivity contribution in [1.82, 2.24) is 14.9 Å². The SMILES string of the molecule is CC(C)(C)OC(=O)N[C@@H]1CC[C@H](Cn2cnc(C#N)c2C#N)C1. The first-order valence-corrected chi connectivity index (χ1v) is 7.67. The van der Waals surface area contributed by atoms with E-state index in [1.807, 2.05) is 32.9 Å². The van der Waals surface area contributed by atoms with Crippen molar-refractivity contribution in [3.05, 3.63) is 17.7 Å². The zero-order chi connectivity index (χ0) is 17.0. The molecule has 7 nitrogen and oxygen atoms in total. The van der Waals surface area contributed by atoms with Crippen LogP contribution in [0.1, 0.15) is 51.4 Å². The normalized spacial score (nSPS) is 20.6. The van der Waals surface area contributed by atoms with Gasteiger partial charge in [0.25, 0.3) is 0 Å². The maximum Gasteiger partial charge on any atom is 0.407 e. The maximum atomic E-state index is 11.8. The van der Waals surface area contributed by atoms with Crippen molar-refractivity contribution >= 4 is 6.09 Å². The Morgan fingerprint density at radius 1 is 1.43 bits per heavy atom. The fraction of sp³-hybridized carbons (Fsp3) is 0.625. The summed E-state index contributed by atoms with van der Waals surface area (Å²) in [6, 6.07) is 4.03. The van der Waals surface area contributed by atoms with E-state index >= 15 is 0 Å². The van der Waals surface area contributed by atoms with Crippen LogP contribution in [0.4, 0.5) is 4.79 Å². The van der Waals surface area contributed by atoms with E-state index in [9.17, 15) is 4.79 Å². The number of carbonyl (C=O) groups excluding carboxylic acids is 1. The van der Waals surface area contributed by atoms with E-state index in [1.54, 1.807) is 4.57 Å². The van der Waals surface area contributed by atoms with Crippen LogP contribution in [-0.2, 0) is 11.3 Å². The molecule has 1 aromatic heterocycles. The summed E-state index contributed by atoms with van der Waals surface area (Å²) < 4.78 is 6.98. The van der Waals surface area contributed by atoms with Crippen molar-refractivity contribution in [2.24, 2.45) is 5.92 Å². The molecule has 1 N–H and O–H groups in total. The Labute approximate surface area is 135 Å². The summed E-state index contributed by atoms with van der Waals surface area (Å²) in [5.74, 6) is 0.336.